The molecule has 0 aromatic carbocycles. The van der Waals surface area contributed by atoms with Crippen molar-refractivity contribution in [3.05, 3.63) is 15.6 Å². The minimum atomic E-state index is -0.386. The lowest BCUT2D eigenvalue weighted by molar-refractivity contribution is -0.161. The van der Waals surface area contributed by atoms with Crippen LogP contribution in [0.3, 0.4) is 0 Å². The van der Waals surface area contributed by atoms with E-state index in [-0.39, 0.29) is 29.9 Å². The molecule has 1 aromatic heterocycles. The van der Waals surface area contributed by atoms with Crippen LogP contribution in [-0.4, -0.2) is 45.2 Å². The van der Waals surface area contributed by atoms with E-state index in [1.165, 1.54) is 0 Å². The Morgan fingerprint density at radius 3 is 2.62 bits per heavy atom. The maximum Gasteiger partial charge on any atom is 0.246 e. The molecule has 3 unspecified atom stereocenters. The summed E-state index contributed by atoms with van der Waals surface area (Å²) in [6.45, 7) is 8.51. The molecule has 0 bridgehead atoms. The Balaban J connectivity index is 1.94. The predicted molar refractivity (Wildman–Crippen MR) is 81.0 cm³/mol. The first-order valence-electron chi connectivity index (χ1n) is 7.48. The largest absolute Gasteiger partial charge is 0.329 e. The number of carbonyl (C=O) groups is 2. The maximum absolute atomic E-state index is 12.8. The van der Waals surface area contributed by atoms with Crippen LogP contribution in [0.5, 0.6) is 0 Å². The predicted octanol–water partition coefficient (Wildman–Crippen LogP) is 2.04. The number of hydrogen-bond donors (Lipinski definition) is 0. The highest BCUT2D eigenvalue weighted by atomic mass is 32.1. The van der Waals surface area contributed by atoms with Crippen molar-refractivity contribution in [1.82, 2.24) is 14.8 Å². The highest BCUT2D eigenvalue weighted by Crippen LogP contribution is 2.35. The van der Waals surface area contributed by atoms with E-state index < -0.39 is 0 Å². The minimum absolute atomic E-state index is 0.0860. The van der Waals surface area contributed by atoms with Crippen LogP contribution in [0.4, 0.5) is 0 Å². The summed E-state index contributed by atoms with van der Waals surface area (Å²) in [7, 11) is 0. The van der Waals surface area contributed by atoms with Gasteiger partial charge in [-0.25, -0.2) is 4.98 Å². The summed E-state index contributed by atoms with van der Waals surface area (Å²) < 4.78 is 0. The zero-order valence-electron chi connectivity index (χ0n) is 12.9. The molecule has 3 rings (SSSR count). The molecule has 114 valence electrons. The van der Waals surface area contributed by atoms with E-state index in [9.17, 15) is 9.59 Å². The van der Waals surface area contributed by atoms with Crippen molar-refractivity contribution in [3.8, 4) is 0 Å². The van der Waals surface area contributed by atoms with Gasteiger partial charge in [0.25, 0.3) is 0 Å². The van der Waals surface area contributed by atoms with Crippen molar-refractivity contribution in [1.29, 1.82) is 0 Å². The number of aromatic nitrogens is 1. The van der Waals surface area contributed by atoms with Gasteiger partial charge in [-0.2, -0.15) is 0 Å². The van der Waals surface area contributed by atoms with E-state index >= 15 is 0 Å². The third-order valence-corrected chi connectivity index (χ3v) is 5.83. The standard InChI is InChI=1S/C15H21N3O2S/c1-8-13(21-11(4)16-8)9(2)18-10(3)14(19)17-7-5-6-12(17)15(18)20/h9-10,12H,5-7H2,1-4H3. The van der Waals surface area contributed by atoms with Crippen molar-refractivity contribution < 1.29 is 9.59 Å². The number of aryl methyl sites for hydroxylation is 2. The van der Waals surface area contributed by atoms with Gasteiger partial charge in [-0.15, -0.1) is 11.3 Å². The highest BCUT2D eigenvalue weighted by Gasteiger charge is 2.47. The first-order chi connectivity index (χ1) is 9.91. The Hall–Kier alpha value is -1.43. The topological polar surface area (TPSA) is 53.5 Å². The van der Waals surface area contributed by atoms with Crippen LogP contribution in [-0.2, 0) is 9.59 Å². The van der Waals surface area contributed by atoms with Crippen LogP contribution in [0.2, 0.25) is 0 Å². The second-order valence-corrected chi connectivity index (χ2v) is 7.20. The van der Waals surface area contributed by atoms with Crippen LogP contribution in [0.25, 0.3) is 0 Å². The van der Waals surface area contributed by atoms with Gasteiger partial charge < -0.3 is 9.80 Å². The molecular weight excluding hydrogens is 286 g/mol. The van der Waals surface area contributed by atoms with Crippen LogP contribution >= 0.6 is 11.3 Å². The van der Waals surface area contributed by atoms with E-state index in [1.54, 1.807) is 21.1 Å². The van der Waals surface area contributed by atoms with Crippen molar-refractivity contribution in [3.63, 3.8) is 0 Å². The van der Waals surface area contributed by atoms with E-state index in [0.29, 0.717) is 0 Å². The second-order valence-electron chi connectivity index (χ2n) is 5.97. The molecule has 0 spiro atoms. The van der Waals surface area contributed by atoms with Crippen molar-refractivity contribution in [2.75, 3.05) is 6.54 Å². The molecule has 21 heavy (non-hydrogen) atoms. The van der Waals surface area contributed by atoms with Crippen molar-refractivity contribution >= 4 is 23.2 Å². The molecule has 2 saturated heterocycles. The molecule has 3 atom stereocenters. The minimum Gasteiger partial charge on any atom is -0.329 e. The van der Waals surface area contributed by atoms with E-state index in [0.717, 1.165) is 35.0 Å². The lowest BCUT2D eigenvalue weighted by Crippen LogP contribution is -2.62. The molecule has 0 saturated carbocycles. The number of rotatable bonds is 2. The van der Waals surface area contributed by atoms with Crippen LogP contribution < -0.4 is 0 Å². The summed E-state index contributed by atoms with van der Waals surface area (Å²) >= 11 is 1.62. The molecule has 0 radical (unpaired) electrons. The van der Waals surface area contributed by atoms with Crippen LogP contribution in [0, 0.1) is 13.8 Å². The molecule has 2 aliphatic heterocycles. The Bertz CT molecular complexity index is 598. The lowest BCUT2D eigenvalue weighted by Gasteiger charge is -2.43. The highest BCUT2D eigenvalue weighted by molar-refractivity contribution is 7.11. The fourth-order valence-electron chi connectivity index (χ4n) is 3.60. The Morgan fingerprint density at radius 1 is 1.29 bits per heavy atom. The van der Waals surface area contributed by atoms with Gasteiger partial charge in [0.15, 0.2) is 0 Å². The average molecular weight is 307 g/mol. The summed E-state index contributed by atoms with van der Waals surface area (Å²) in [5, 5.41) is 1.00. The van der Waals surface area contributed by atoms with Gasteiger partial charge in [0.05, 0.1) is 16.7 Å². The first-order valence-corrected chi connectivity index (χ1v) is 8.30. The molecule has 1 aromatic rings. The average Bonchev–Trinajstić information content (AvgIpc) is 3.03. The summed E-state index contributed by atoms with van der Waals surface area (Å²) in [6, 6.07) is -0.723. The maximum atomic E-state index is 12.8. The zero-order valence-corrected chi connectivity index (χ0v) is 13.7. The lowest BCUT2D eigenvalue weighted by atomic mass is 10.0. The van der Waals surface area contributed by atoms with E-state index in [2.05, 4.69) is 4.98 Å². The quantitative estimate of drug-likeness (QED) is 0.840. The summed E-state index contributed by atoms with van der Waals surface area (Å²) in [6.07, 6.45) is 1.72. The third-order valence-electron chi connectivity index (χ3n) is 4.59. The molecule has 0 N–H and O–H groups in total. The first kappa shape index (κ1) is 14.5. The van der Waals surface area contributed by atoms with E-state index in [1.807, 2.05) is 27.7 Å². The molecular formula is C15H21N3O2S. The molecule has 2 amide bonds. The fourth-order valence-corrected chi connectivity index (χ4v) is 4.57. The van der Waals surface area contributed by atoms with Crippen molar-refractivity contribution in [2.45, 2.75) is 58.7 Å². The summed E-state index contributed by atoms with van der Waals surface area (Å²) in [4.78, 5) is 34.4. The number of amides is 2. The Kier molecular flexibility index (Phi) is 3.51. The van der Waals surface area contributed by atoms with Crippen LogP contribution in [0.15, 0.2) is 0 Å². The normalized spacial score (nSPS) is 27.2. The van der Waals surface area contributed by atoms with Gasteiger partial charge in [0.1, 0.15) is 12.1 Å². The van der Waals surface area contributed by atoms with Gasteiger partial charge in [0.2, 0.25) is 11.8 Å². The Labute approximate surface area is 129 Å². The number of fused-ring (bicyclic) bond motifs is 1. The fraction of sp³-hybridized carbons (Fsp3) is 0.667. The molecule has 3 heterocycles. The monoisotopic (exact) mass is 307 g/mol. The summed E-state index contributed by atoms with van der Waals surface area (Å²) in [5.41, 5.74) is 0.964. The molecule has 2 aliphatic rings. The second kappa shape index (κ2) is 5.09. The number of nitrogens with zero attached hydrogens (tertiary/aromatic N) is 3. The summed E-state index contributed by atoms with van der Waals surface area (Å²) in [5.74, 6) is 0.181. The number of hydrogen-bond acceptors (Lipinski definition) is 4. The Morgan fingerprint density at radius 2 is 2.00 bits per heavy atom. The van der Waals surface area contributed by atoms with Gasteiger partial charge in [-0.1, -0.05) is 0 Å². The SMILES string of the molecule is Cc1nc(C)c(C(C)N2C(=O)C3CCCN3C(=O)C2C)s1. The van der Waals surface area contributed by atoms with Gasteiger partial charge in [-0.05, 0) is 40.5 Å². The number of thiazole rings is 1. The third kappa shape index (κ3) is 2.16. The molecule has 6 heteroatoms. The van der Waals surface area contributed by atoms with E-state index in [4.69, 9.17) is 0 Å². The van der Waals surface area contributed by atoms with Gasteiger partial charge >= 0.3 is 0 Å². The van der Waals surface area contributed by atoms with Crippen molar-refractivity contribution in [2.24, 2.45) is 0 Å². The zero-order chi connectivity index (χ0) is 15.3. The number of piperazine rings is 1. The molecule has 2 fully saturated rings. The molecule has 5 nitrogen and oxygen atoms in total. The van der Waals surface area contributed by atoms with Crippen LogP contribution in [0.1, 0.15) is 48.3 Å². The number of carbonyl (C=O) groups excluding carboxylic acids is 2. The van der Waals surface area contributed by atoms with Gasteiger partial charge in [-0.3, -0.25) is 9.59 Å². The molecule has 0 aliphatic carbocycles. The van der Waals surface area contributed by atoms with Gasteiger partial charge in [0, 0.05) is 11.4 Å². The smallest absolute Gasteiger partial charge is 0.246 e.